The molecule has 0 aliphatic carbocycles. The maximum Gasteiger partial charge on any atom is 0.153 e. The van der Waals surface area contributed by atoms with E-state index in [-0.39, 0.29) is 10.2 Å². The van der Waals surface area contributed by atoms with E-state index in [1.165, 1.54) is 0 Å². The molecule has 2 rings (SSSR count). The first kappa shape index (κ1) is 12.8. The number of pyridine rings is 1. The predicted molar refractivity (Wildman–Crippen MR) is 70.7 cm³/mol. The minimum absolute atomic E-state index is 0.0134. The first-order valence-electron chi connectivity index (χ1n) is 5.11. The van der Waals surface area contributed by atoms with Crippen LogP contribution in [-0.2, 0) is 0 Å². The van der Waals surface area contributed by atoms with Crippen LogP contribution in [0, 0.1) is 18.6 Å². The van der Waals surface area contributed by atoms with E-state index in [1.54, 1.807) is 19.2 Å². The second-order valence-electron chi connectivity index (χ2n) is 3.76. The molecule has 3 N–H and O–H groups in total. The number of nitrogens with zero attached hydrogens (tertiary/aromatic N) is 1. The van der Waals surface area contributed by atoms with Crippen LogP contribution in [0.5, 0.6) is 0 Å². The Balaban J connectivity index is 2.40. The van der Waals surface area contributed by atoms with Gasteiger partial charge in [-0.3, -0.25) is 0 Å². The molecule has 0 bridgehead atoms. The van der Waals surface area contributed by atoms with Crippen molar-refractivity contribution in [1.29, 1.82) is 0 Å². The molecule has 18 heavy (non-hydrogen) atoms. The summed E-state index contributed by atoms with van der Waals surface area (Å²) in [5, 5.41) is 2.68. The zero-order chi connectivity index (χ0) is 13.3. The van der Waals surface area contributed by atoms with E-state index in [0.29, 0.717) is 11.5 Å². The van der Waals surface area contributed by atoms with Gasteiger partial charge in [-0.05, 0) is 40.5 Å². The molecule has 0 atom stereocenters. The number of hydrogen-bond acceptors (Lipinski definition) is 3. The molecule has 0 spiro atoms. The molecule has 0 fully saturated rings. The van der Waals surface area contributed by atoms with Crippen LogP contribution in [0.15, 0.2) is 28.9 Å². The topological polar surface area (TPSA) is 50.9 Å². The number of nitrogens with one attached hydrogen (secondary N) is 1. The first-order valence-corrected chi connectivity index (χ1v) is 5.91. The van der Waals surface area contributed by atoms with Crippen LogP contribution < -0.4 is 11.1 Å². The zero-order valence-corrected chi connectivity index (χ0v) is 11.1. The number of hydrogen-bond donors (Lipinski definition) is 2. The van der Waals surface area contributed by atoms with E-state index in [1.807, 2.05) is 0 Å². The summed E-state index contributed by atoms with van der Waals surface area (Å²) < 4.78 is 27.0. The fourth-order valence-electron chi connectivity index (χ4n) is 1.42. The molecule has 6 heteroatoms. The lowest BCUT2D eigenvalue weighted by Gasteiger charge is -2.11. The number of rotatable bonds is 2. The summed E-state index contributed by atoms with van der Waals surface area (Å²) >= 11 is 2.91. The number of aromatic nitrogens is 1. The average molecular weight is 314 g/mol. The van der Waals surface area contributed by atoms with Crippen molar-refractivity contribution in [3.63, 3.8) is 0 Å². The molecule has 1 aromatic carbocycles. The van der Waals surface area contributed by atoms with Crippen LogP contribution in [-0.4, -0.2) is 4.98 Å². The maximum atomic E-state index is 13.6. The Morgan fingerprint density at radius 3 is 2.72 bits per heavy atom. The summed E-state index contributed by atoms with van der Waals surface area (Å²) in [4.78, 5) is 3.99. The normalized spacial score (nSPS) is 10.4. The van der Waals surface area contributed by atoms with Crippen LogP contribution >= 0.6 is 15.9 Å². The second-order valence-corrected chi connectivity index (χ2v) is 4.62. The third-order valence-corrected chi connectivity index (χ3v) is 3.08. The second kappa shape index (κ2) is 4.89. The number of nitrogens with two attached hydrogens (primary N) is 1. The van der Waals surface area contributed by atoms with Gasteiger partial charge in [0, 0.05) is 12.3 Å². The third-order valence-electron chi connectivity index (χ3n) is 2.47. The number of benzene rings is 1. The van der Waals surface area contributed by atoms with Gasteiger partial charge in [0.15, 0.2) is 5.82 Å². The highest BCUT2D eigenvalue weighted by Gasteiger charge is 2.10. The third kappa shape index (κ3) is 2.43. The van der Waals surface area contributed by atoms with Gasteiger partial charge in [-0.2, -0.15) is 0 Å². The van der Waals surface area contributed by atoms with Crippen molar-refractivity contribution in [2.45, 2.75) is 6.92 Å². The Hall–Kier alpha value is -1.69. The van der Waals surface area contributed by atoms with Crippen molar-refractivity contribution in [2.75, 3.05) is 11.1 Å². The summed E-state index contributed by atoms with van der Waals surface area (Å²) in [6.45, 7) is 1.81. The minimum atomic E-state index is -0.592. The van der Waals surface area contributed by atoms with Gasteiger partial charge in [-0.15, -0.1) is 0 Å². The van der Waals surface area contributed by atoms with E-state index in [4.69, 9.17) is 5.73 Å². The highest BCUT2D eigenvalue weighted by atomic mass is 79.9. The smallest absolute Gasteiger partial charge is 0.153 e. The van der Waals surface area contributed by atoms with Crippen LogP contribution in [0.4, 0.5) is 26.0 Å². The molecule has 0 aliphatic rings. The maximum absolute atomic E-state index is 13.6. The Morgan fingerprint density at radius 2 is 2.00 bits per heavy atom. The van der Waals surface area contributed by atoms with E-state index in [0.717, 1.165) is 17.7 Å². The Labute approximate surface area is 111 Å². The molecule has 2 aromatic rings. The fraction of sp³-hybridized carbons (Fsp3) is 0.0833. The van der Waals surface area contributed by atoms with Crippen molar-refractivity contribution >= 4 is 33.1 Å². The van der Waals surface area contributed by atoms with Gasteiger partial charge in [0.1, 0.15) is 11.6 Å². The van der Waals surface area contributed by atoms with E-state index in [2.05, 4.69) is 26.2 Å². The molecule has 0 radical (unpaired) electrons. The highest BCUT2D eigenvalue weighted by Crippen LogP contribution is 2.28. The largest absolute Gasteiger partial charge is 0.396 e. The lowest BCUT2D eigenvalue weighted by atomic mass is 10.2. The van der Waals surface area contributed by atoms with Crippen molar-refractivity contribution in [3.8, 4) is 0 Å². The molecular weight excluding hydrogens is 304 g/mol. The minimum Gasteiger partial charge on any atom is -0.396 e. The summed E-state index contributed by atoms with van der Waals surface area (Å²) in [7, 11) is 0. The van der Waals surface area contributed by atoms with Crippen molar-refractivity contribution in [2.24, 2.45) is 0 Å². The Bertz CT molecular complexity index is 602. The molecule has 0 saturated heterocycles. The Morgan fingerprint density at radius 1 is 1.28 bits per heavy atom. The lowest BCUT2D eigenvalue weighted by Crippen LogP contribution is -2.02. The van der Waals surface area contributed by atoms with Crippen LogP contribution in [0.25, 0.3) is 0 Å². The van der Waals surface area contributed by atoms with E-state index in [9.17, 15) is 8.78 Å². The summed E-state index contributed by atoms with van der Waals surface area (Å²) in [6, 6.07) is 3.82. The quantitative estimate of drug-likeness (QED) is 0.830. The number of anilines is 3. The summed E-state index contributed by atoms with van der Waals surface area (Å²) in [5.74, 6) is -0.855. The van der Waals surface area contributed by atoms with Gasteiger partial charge in [-0.1, -0.05) is 0 Å². The molecule has 94 valence electrons. The number of halogens is 3. The monoisotopic (exact) mass is 313 g/mol. The predicted octanol–water partition coefficient (Wildman–Crippen LogP) is 3.76. The summed E-state index contributed by atoms with van der Waals surface area (Å²) in [6.07, 6.45) is 1.54. The highest BCUT2D eigenvalue weighted by molar-refractivity contribution is 9.10. The molecule has 1 aromatic heterocycles. The molecular formula is C12H10BrF2N3. The molecule has 0 unspecified atom stereocenters. The van der Waals surface area contributed by atoms with Gasteiger partial charge in [0.25, 0.3) is 0 Å². The Kier molecular flexibility index (Phi) is 3.47. The van der Waals surface area contributed by atoms with Crippen LogP contribution in [0.2, 0.25) is 0 Å². The van der Waals surface area contributed by atoms with Gasteiger partial charge in [-0.25, -0.2) is 13.8 Å². The zero-order valence-electron chi connectivity index (χ0n) is 9.47. The van der Waals surface area contributed by atoms with Gasteiger partial charge < -0.3 is 11.1 Å². The van der Waals surface area contributed by atoms with Crippen molar-refractivity contribution in [3.05, 3.63) is 46.1 Å². The van der Waals surface area contributed by atoms with Crippen molar-refractivity contribution < 1.29 is 8.78 Å². The molecule has 0 aliphatic heterocycles. The van der Waals surface area contributed by atoms with Gasteiger partial charge in [0.05, 0.1) is 15.8 Å². The summed E-state index contributed by atoms with van der Waals surface area (Å²) in [5.41, 5.74) is 7.00. The first-order chi connectivity index (χ1) is 8.49. The van der Waals surface area contributed by atoms with Crippen LogP contribution in [0.3, 0.4) is 0 Å². The molecule has 3 nitrogen and oxygen atoms in total. The lowest BCUT2D eigenvalue weighted by molar-refractivity contribution is 0.598. The molecule has 0 amide bonds. The number of nitrogen functional groups attached to an aromatic ring is 1. The fourth-order valence-corrected chi connectivity index (χ4v) is 1.73. The molecule has 0 saturated carbocycles. The van der Waals surface area contributed by atoms with Gasteiger partial charge >= 0.3 is 0 Å². The molecule has 1 heterocycles. The standard InChI is InChI=1S/C12H10BrF2N3/c1-6-2-3-17-12(11(6)16)18-10-5-8(14)7(13)4-9(10)15/h2-5H,16H2,1H3,(H,17,18). The average Bonchev–Trinajstić information content (AvgIpc) is 2.32. The SMILES string of the molecule is Cc1ccnc(Nc2cc(F)c(Br)cc2F)c1N. The van der Waals surface area contributed by atoms with Crippen molar-refractivity contribution in [1.82, 2.24) is 4.98 Å². The van der Waals surface area contributed by atoms with E-state index < -0.39 is 11.6 Å². The van der Waals surface area contributed by atoms with Crippen LogP contribution in [0.1, 0.15) is 5.56 Å². The number of aryl methyl sites for hydroxylation is 1. The van der Waals surface area contributed by atoms with Gasteiger partial charge in [0.2, 0.25) is 0 Å². The van der Waals surface area contributed by atoms with E-state index >= 15 is 0 Å².